The Hall–Kier alpha value is -8.00. The lowest BCUT2D eigenvalue weighted by Crippen LogP contribution is -2.09. The van der Waals surface area contributed by atoms with E-state index in [4.69, 9.17) is 0 Å². The first-order valence-corrected chi connectivity index (χ1v) is 21.0. The summed E-state index contributed by atoms with van der Waals surface area (Å²) in [7, 11) is 0. The van der Waals surface area contributed by atoms with Crippen molar-refractivity contribution < 1.29 is 0 Å². The molecule has 0 N–H and O–H groups in total. The Balaban J connectivity index is 0.960. The van der Waals surface area contributed by atoms with Crippen LogP contribution in [-0.4, -0.2) is 0 Å². The van der Waals surface area contributed by atoms with Crippen molar-refractivity contribution in [2.45, 2.75) is 0 Å². The maximum Gasteiger partial charge on any atom is 0.0468 e. The summed E-state index contributed by atoms with van der Waals surface area (Å²) in [4.78, 5) is 2.37. The molecule has 11 aromatic rings. The number of fused-ring (bicyclic) bond motifs is 3. The summed E-state index contributed by atoms with van der Waals surface area (Å²) in [6.45, 7) is 0. The maximum absolute atomic E-state index is 2.37. The van der Waals surface area contributed by atoms with Gasteiger partial charge in [-0.1, -0.05) is 194 Å². The first-order valence-electron chi connectivity index (χ1n) is 21.0. The summed E-state index contributed by atoms with van der Waals surface area (Å²) in [6.07, 6.45) is 0. The van der Waals surface area contributed by atoms with Crippen molar-refractivity contribution in [3.05, 3.63) is 249 Å². The molecule has 0 aliphatic heterocycles. The maximum atomic E-state index is 2.37. The Bertz CT molecular complexity index is 3330. The van der Waals surface area contributed by atoms with E-state index in [0.29, 0.717) is 0 Å². The van der Waals surface area contributed by atoms with E-state index in [1.807, 2.05) is 0 Å². The highest BCUT2D eigenvalue weighted by Gasteiger charge is 2.16. The third-order valence-corrected chi connectivity index (χ3v) is 12.0. The van der Waals surface area contributed by atoms with Crippen molar-refractivity contribution in [1.82, 2.24) is 0 Å². The molecule has 61 heavy (non-hydrogen) atoms. The summed E-state index contributed by atoms with van der Waals surface area (Å²) < 4.78 is 0. The van der Waals surface area contributed by atoms with Gasteiger partial charge in [-0.15, -0.1) is 0 Å². The van der Waals surface area contributed by atoms with Crippen LogP contribution in [0.2, 0.25) is 0 Å². The summed E-state index contributed by atoms with van der Waals surface area (Å²) in [5.41, 5.74) is 15.4. The van der Waals surface area contributed by atoms with Crippen LogP contribution in [0.15, 0.2) is 249 Å². The van der Waals surface area contributed by atoms with Gasteiger partial charge in [0.1, 0.15) is 0 Å². The molecule has 0 atom stereocenters. The Labute approximate surface area is 357 Å². The quantitative estimate of drug-likeness (QED) is 0.149. The zero-order valence-corrected chi connectivity index (χ0v) is 33.6. The summed E-state index contributed by atoms with van der Waals surface area (Å²) in [5.74, 6) is 0. The lowest BCUT2D eigenvalue weighted by molar-refractivity contribution is 1.29. The second-order valence-corrected chi connectivity index (χ2v) is 15.8. The van der Waals surface area contributed by atoms with Crippen LogP contribution in [0.4, 0.5) is 17.1 Å². The highest BCUT2D eigenvalue weighted by atomic mass is 15.1. The fourth-order valence-electron chi connectivity index (χ4n) is 8.91. The molecule has 0 saturated carbocycles. The standard InChI is InChI=1S/C60H41N/c1-3-12-42(13-4-1)44-28-33-55(34-29-44)61(57-37-32-52-39-51(26-27-53(52)41-57)50-25-24-43-14-7-8-17-48(43)38-50)56-35-30-45(31-36-56)49-20-9-21-54(40-49)59-23-11-19-47-18-10-22-58(60(47)59)46-15-5-2-6-16-46/h1-41H. The van der Waals surface area contributed by atoms with Gasteiger partial charge in [-0.25, -0.2) is 0 Å². The Morgan fingerprint density at radius 1 is 0.197 bits per heavy atom. The van der Waals surface area contributed by atoms with E-state index >= 15 is 0 Å². The lowest BCUT2D eigenvalue weighted by atomic mass is 9.90. The van der Waals surface area contributed by atoms with Crippen LogP contribution in [-0.2, 0) is 0 Å². The van der Waals surface area contributed by atoms with Gasteiger partial charge >= 0.3 is 0 Å². The van der Waals surface area contributed by atoms with Crippen molar-refractivity contribution in [2.75, 3.05) is 4.90 Å². The van der Waals surface area contributed by atoms with Crippen LogP contribution in [0.25, 0.3) is 88.0 Å². The zero-order valence-electron chi connectivity index (χ0n) is 33.6. The van der Waals surface area contributed by atoms with E-state index in [1.165, 1.54) is 88.0 Å². The highest BCUT2D eigenvalue weighted by molar-refractivity contribution is 6.06. The Morgan fingerprint density at radius 3 is 1.26 bits per heavy atom. The number of anilines is 3. The minimum absolute atomic E-state index is 1.10. The molecular formula is C60H41N. The molecule has 0 amide bonds. The molecule has 11 aromatic carbocycles. The average Bonchev–Trinajstić information content (AvgIpc) is 3.34. The summed E-state index contributed by atoms with van der Waals surface area (Å²) >= 11 is 0. The van der Waals surface area contributed by atoms with Gasteiger partial charge in [0, 0.05) is 17.1 Å². The second-order valence-electron chi connectivity index (χ2n) is 15.8. The average molecular weight is 776 g/mol. The number of hydrogen-bond acceptors (Lipinski definition) is 1. The van der Waals surface area contributed by atoms with E-state index in [-0.39, 0.29) is 0 Å². The topological polar surface area (TPSA) is 3.24 Å². The van der Waals surface area contributed by atoms with Crippen LogP contribution in [0, 0.1) is 0 Å². The third-order valence-electron chi connectivity index (χ3n) is 12.0. The van der Waals surface area contributed by atoms with Crippen molar-refractivity contribution in [1.29, 1.82) is 0 Å². The molecule has 0 aliphatic carbocycles. The molecule has 1 nitrogen and oxygen atoms in total. The van der Waals surface area contributed by atoms with Gasteiger partial charge in [0.05, 0.1) is 0 Å². The molecule has 0 aromatic heterocycles. The molecule has 0 heterocycles. The lowest BCUT2D eigenvalue weighted by Gasteiger charge is -2.26. The normalized spacial score (nSPS) is 11.3. The Morgan fingerprint density at radius 2 is 0.590 bits per heavy atom. The van der Waals surface area contributed by atoms with Gasteiger partial charge in [0.2, 0.25) is 0 Å². The first kappa shape index (κ1) is 36.1. The fourth-order valence-corrected chi connectivity index (χ4v) is 8.91. The predicted molar refractivity (Wildman–Crippen MR) is 261 cm³/mol. The first-order chi connectivity index (χ1) is 30.2. The van der Waals surface area contributed by atoms with Crippen molar-refractivity contribution in [3.8, 4) is 55.6 Å². The molecule has 0 radical (unpaired) electrons. The van der Waals surface area contributed by atoms with Gasteiger partial charge in [0.25, 0.3) is 0 Å². The van der Waals surface area contributed by atoms with Gasteiger partial charge in [-0.05, 0) is 143 Å². The van der Waals surface area contributed by atoms with Gasteiger partial charge in [0.15, 0.2) is 0 Å². The minimum Gasteiger partial charge on any atom is -0.310 e. The van der Waals surface area contributed by atoms with Gasteiger partial charge in [-0.3, -0.25) is 0 Å². The van der Waals surface area contributed by atoms with Crippen LogP contribution < -0.4 is 4.90 Å². The van der Waals surface area contributed by atoms with Crippen molar-refractivity contribution >= 4 is 49.4 Å². The van der Waals surface area contributed by atoms with Crippen LogP contribution in [0.5, 0.6) is 0 Å². The van der Waals surface area contributed by atoms with Crippen LogP contribution in [0.3, 0.4) is 0 Å². The highest BCUT2D eigenvalue weighted by Crippen LogP contribution is 2.41. The van der Waals surface area contributed by atoms with E-state index in [0.717, 1.165) is 17.1 Å². The number of rotatable bonds is 8. The Kier molecular flexibility index (Phi) is 9.26. The predicted octanol–water partition coefficient (Wildman–Crippen LogP) is 17.0. The largest absolute Gasteiger partial charge is 0.310 e. The zero-order chi connectivity index (χ0) is 40.5. The molecule has 0 bridgehead atoms. The molecule has 0 fully saturated rings. The van der Waals surface area contributed by atoms with Crippen molar-refractivity contribution in [3.63, 3.8) is 0 Å². The van der Waals surface area contributed by atoms with Gasteiger partial charge in [-0.2, -0.15) is 0 Å². The van der Waals surface area contributed by atoms with Crippen LogP contribution >= 0.6 is 0 Å². The molecule has 0 aliphatic rings. The number of benzene rings is 11. The van der Waals surface area contributed by atoms with Gasteiger partial charge < -0.3 is 4.90 Å². The number of hydrogen-bond donors (Lipinski definition) is 0. The minimum atomic E-state index is 1.10. The van der Waals surface area contributed by atoms with E-state index in [2.05, 4.69) is 254 Å². The molecule has 0 unspecified atom stereocenters. The van der Waals surface area contributed by atoms with Crippen molar-refractivity contribution in [2.24, 2.45) is 0 Å². The summed E-state index contributed by atoms with van der Waals surface area (Å²) in [6, 6.07) is 90.4. The summed E-state index contributed by atoms with van der Waals surface area (Å²) in [5, 5.41) is 7.44. The molecule has 286 valence electrons. The second kappa shape index (κ2) is 15.6. The number of nitrogens with zero attached hydrogens (tertiary/aromatic N) is 1. The molecule has 1 heteroatoms. The monoisotopic (exact) mass is 775 g/mol. The SMILES string of the molecule is c1ccc(-c2ccc(N(c3ccc(-c4cccc(-c5cccc6cccc(-c7ccccc7)c56)c4)cc3)c3ccc4cc(-c5ccc6ccccc6c5)ccc4c3)cc2)cc1. The molecule has 0 spiro atoms. The van der Waals surface area contributed by atoms with E-state index < -0.39 is 0 Å². The molecule has 0 saturated heterocycles. The third kappa shape index (κ3) is 7.03. The van der Waals surface area contributed by atoms with E-state index in [9.17, 15) is 0 Å². The fraction of sp³-hybridized carbons (Fsp3) is 0. The van der Waals surface area contributed by atoms with E-state index in [1.54, 1.807) is 0 Å². The van der Waals surface area contributed by atoms with Crippen LogP contribution in [0.1, 0.15) is 0 Å². The molecule has 11 rings (SSSR count). The molecular weight excluding hydrogens is 735 g/mol. The smallest absolute Gasteiger partial charge is 0.0468 e.